The smallest absolute Gasteiger partial charge is 0.387 e. The number of ether oxygens (including phenoxy) is 2. The fourth-order valence-electron chi connectivity index (χ4n) is 2.08. The molecule has 0 radical (unpaired) electrons. The highest BCUT2D eigenvalue weighted by Crippen LogP contribution is 2.27. The maximum absolute atomic E-state index is 12.3. The minimum absolute atomic E-state index is 0.0886. The second-order valence-corrected chi connectivity index (χ2v) is 4.33. The predicted molar refractivity (Wildman–Crippen MR) is 75.2 cm³/mol. The summed E-state index contributed by atoms with van der Waals surface area (Å²) in [5, 5.41) is 0. The molecule has 0 amide bonds. The van der Waals surface area contributed by atoms with Crippen molar-refractivity contribution in [2.24, 2.45) is 5.84 Å². The molecule has 6 heteroatoms. The fraction of sp³-hybridized carbons (Fsp3) is 0.200. The number of hydrazine groups is 1. The van der Waals surface area contributed by atoms with E-state index in [-0.39, 0.29) is 11.8 Å². The molecule has 0 aromatic heterocycles. The number of hydrogen-bond acceptors (Lipinski definition) is 4. The van der Waals surface area contributed by atoms with Gasteiger partial charge in [-0.25, -0.2) is 5.43 Å². The number of methoxy groups -OCH3 is 1. The van der Waals surface area contributed by atoms with Crippen molar-refractivity contribution in [3.63, 3.8) is 0 Å². The number of hydrogen-bond donors (Lipinski definition) is 2. The fourth-order valence-corrected chi connectivity index (χ4v) is 2.08. The van der Waals surface area contributed by atoms with Crippen LogP contribution in [0, 0.1) is 0 Å². The first-order valence-corrected chi connectivity index (χ1v) is 6.29. The van der Waals surface area contributed by atoms with E-state index >= 15 is 0 Å². The van der Waals surface area contributed by atoms with Crippen LogP contribution in [-0.2, 0) is 0 Å². The standard InChI is InChI=1S/C15H16F2N2O2/c1-20-12-6-2-4-10(8-12)14(19-18)11-5-3-7-13(9-11)21-15(16)17/h2-9,14-15,19H,18H2,1H3. The Bertz CT molecular complexity index is 593. The molecule has 0 aliphatic rings. The molecule has 0 bridgehead atoms. The van der Waals surface area contributed by atoms with Crippen molar-refractivity contribution in [1.82, 2.24) is 5.43 Å². The van der Waals surface area contributed by atoms with Gasteiger partial charge in [-0.1, -0.05) is 24.3 Å². The molecule has 21 heavy (non-hydrogen) atoms. The van der Waals surface area contributed by atoms with E-state index in [4.69, 9.17) is 10.6 Å². The zero-order valence-corrected chi connectivity index (χ0v) is 11.4. The first-order chi connectivity index (χ1) is 10.1. The third kappa shape index (κ3) is 3.90. The highest BCUT2D eigenvalue weighted by atomic mass is 19.3. The molecule has 4 nitrogen and oxygen atoms in total. The summed E-state index contributed by atoms with van der Waals surface area (Å²) >= 11 is 0. The van der Waals surface area contributed by atoms with Crippen LogP contribution in [-0.4, -0.2) is 13.7 Å². The van der Waals surface area contributed by atoms with Gasteiger partial charge in [-0.2, -0.15) is 8.78 Å². The molecular weight excluding hydrogens is 278 g/mol. The van der Waals surface area contributed by atoms with Crippen molar-refractivity contribution >= 4 is 0 Å². The van der Waals surface area contributed by atoms with Gasteiger partial charge in [0.05, 0.1) is 13.2 Å². The Morgan fingerprint density at radius 1 is 1.00 bits per heavy atom. The molecule has 112 valence electrons. The van der Waals surface area contributed by atoms with Crippen LogP contribution in [0.3, 0.4) is 0 Å². The number of benzene rings is 2. The van der Waals surface area contributed by atoms with Crippen molar-refractivity contribution in [2.75, 3.05) is 7.11 Å². The third-order valence-electron chi connectivity index (χ3n) is 3.01. The van der Waals surface area contributed by atoms with Gasteiger partial charge in [-0.3, -0.25) is 5.84 Å². The second kappa shape index (κ2) is 7.01. The van der Waals surface area contributed by atoms with Gasteiger partial charge in [0.2, 0.25) is 0 Å². The Labute approximate surface area is 121 Å². The largest absolute Gasteiger partial charge is 0.497 e. The maximum Gasteiger partial charge on any atom is 0.387 e. The van der Waals surface area contributed by atoms with Crippen LogP contribution in [0.2, 0.25) is 0 Å². The number of alkyl halides is 2. The quantitative estimate of drug-likeness (QED) is 0.635. The molecule has 0 saturated heterocycles. The minimum Gasteiger partial charge on any atom is -0.497 e. The van der Waals surface area contributed by atoms with Crippen molar-refractivity contribution in [2.45, 2.75) is 12.7 Å². The zero-order valence-electron chi connectivity index (χ0n) is 11.4. The van der Waals surface area contributed by atoms with Crippen LogP contribution in [0.4, 0.5) is 8.78 Å². The molecule has 2 rings (SSSR count). The molecule has 2 aromatic carbocycles. The topological polar surface area (TPSA) is 56.5 Å². The number of halogens is 2. The van der Waals surface area contributed by atoms with Crippen LogP contribution in [0.1, 0.15) is 17.2 Å². The Balaban J connectivity index is 2.32. The van der Waals surface area contributed by atoms with E-state index in [0.717, 1.165) is 5.56 Å². The number of rotatable bonds is 6. The Hall–Kier alpha value is -2.18. The Morgan fingerprint density at radius 2 is 1.57 bits per heavy atom. The third-order valence-corrected chi connectivity index (χ3v) is 3.01. The van der Waals surface area contributed by atoms with Gasteiger partial charge >= 0.3 is 6.61 Å². The van der Waals surface area contributed by atoms with Crippen LogP contribution >= 0.6 is 0 Å². The summed E-state index contributed by atoms with van der Waals surface area (Å²) in [5.74, 6) is 6.38. The molecule has 0 heterocycles. The average Bonchev–Trinajstić information content (AvgIpc) is 2.48. The molecule has 0 fully saturated rings. The van der Waals surface area contributed by atoms with Gasteiger partial charge < -0.3 is 9.47 Å². The van der Waals surface area contributed by atoms with Crippen molar-refractivity contribution in [1.29, 1.82) is 0 Å². The van der Waals surface area contributed by atoms with Gasteiger partial charge in [0.25, 0.3) is 0 Å². The second-order valence-electron chi connectivity index (χ2n) is 4.33. The summed E-state index contributed by atoms with van der Waals surface area (Å²) in [6.45, 7) is -2.86. The lowest BCUT2D eigenvalue weighted by atomic mass is 9.99. The summed E-state index contributed by atoms with van der Waals surface area (Å²) in [5.41, 5.74) is 4.23. The van der Waals surface area contributed by atoms with Crippen molar-refractivity contribution < 1.29 is 18.3 Å². The number of nitrogens with one attached hydrogen (secondary N) is 1. The summed E-state index contributed by atoms with van der Waals surface area (Å²) in [7, 11) is 1.57. The van der Waals surface area contributed by atoms with Crippen molar-refractivity contribution in [3.8, 4) is 11.5 Å². The average molecular weight is 294 g/mol. The molecule has 0 aliphatic carbocycles. The minimum atomic E-state index is -2.86. The molecule has 0 aliphatic heterocycles. The molecule has 0 spiro atoms. The number of nitrogens with two attached hydrogens (primary N) is 1. The van der Waals surface area contributed by atoms with Gasteiger partial charge in [0.15, 0.2) is 0 Å². The monoisotopic (exact) mass is 294 g/mol. The maximum atomic E-state index is 12.3. The predicted octanol–water partition coefficient (Wildman–Crippen LogP) is 2.85. The Kier molecular flexibility index (Phi) is 5.08. The lowest BCUT2D eigenvalue weighted by Crippen LogP contribution is -2.28. The van der Waals surface area contributed by atoms with E-state index in [1.54, 1.807) is 19.2 Å². The normalized spacial score (nSPS) is 12.2. The summed E-state index contributed by atoms with van der Waals surface area (Å²) in [4.78, 5) is 0. The lowest BCUT2D eigenvalue weighted by Gasteiger charge is -2.18. The van der Waals surface area contributed by atoms with Crippen LogP contribution in [0.15, 0.2) is 48.5 Å². The van der Waals surface area contributed by atoms with Crippen LogP contribution in [0.25, 0.3) is 0 Å². The van der Waals surface area contributed by atoms with E-state index in [2.05, 4.69) is 10.2 Å². The SMILES string of the molecule is COc1cccc(C(NN)c2cccc(OC(F)F)c2)c1. The highest BCUT2D eigenvalue weighted by molar-refractivity contribution is 5.39. The van der Waals surface area contributed by atoms with E-state index in [0.29, 0.717) is 11.3 Å². The first-order valence-electron chi connectivity index (χ1n) is 6.29. The van der Waals surface area contributed by atoms with Gasteiger partial charge in [-0.05, 0) is 35.4 Å². The summed E-state index contributed by atoms with van der Waals surface area (Å²) in [6, 6.07) is 13.4. The first kappa shape index (κ1) is 15.2. The van der Waals surface area contributed by atoms with Gasteiger partial charge in [-0.15, -0.1) is 0 Å². The van der Waals surface area contributed by atoms with Crippen LogP contribution in [0.5, 0.6) is 11.5 Å². The van der Waals surface area contributed by atoms with Gasteiger partial charge in [0, 0.05) is 0 Å². The molecule has 1 unspecified atom stereocenters. The van der Waals surface area contributed by atoms with E-state index < -0.39 is 6.61 Å². The molecule has 1 atom stereocenters. The molecule has 0 saturated carbocycles. The van der Waals surface area contributed by atoms with E-state index in [1.807, 2.05) is 24.3 Å². The lowest BCUT2D eigenvalue weighted by molar-refractivity contribution is -0.0498. The van der Waals surface area contributed by atoms with Crippen molar-refractivity contribution in [3.05, 3.63) is 59.7 Å². The molecule has 2 aromatic rings. The van der Waals surface area contributed by atoms with E-state index in [1.165, 1.54) is 12.1 Å². The van der Waals surface area contributed by atoms with Crippen LogP contribution < -0.4 is 20.7 Å². The zero-order chi connectivity index (χ0) is 15.2. The Morgan fingerprint density at radius 3 is 2.10 bits per heavy atom. The summed E-state index contributed by atoms with van der Waals surface area (Å²) < 4.78 is 34.1. The molecular formula is C15H16F2N2O2. The van der Waals surface area contributed by atoms with Gasteiger partial charge in [0.1, 0.15) is 11.5 Å². The highest BCUT2D eigenvalue weighted by Gasteiger charge is 2.14. The summed E-state index contributed by atoms with van der Waals surface area (Å²) in [6.07, 6.45) is 0. The molecule has 3 N–H and O–H groups in total. The van der Waals surface area contributed by atoms with E-state index in [9.17, 15) is 8.78 Å².